The lowest BCUT2D eigenvalue weighted by molar-refractivity contribution is -0.192. The summed E-state index contributed by atoms with van der Waals surface area (Å²) >= 11 is 0. The van der Waals surface area contributed by atoms with Crippen LogP contribution in [0.25, 0.3) is 0 Å². The van der Waals surface area contributed by atoms with E-state index in [-0.39, 0.29) is 12.4 Å². The number of methoxy groups -OCH3 is 1. The molecule has 2 atom stereocenters. The minimum absolute atomic E-state index is 0.214. The van der Waals surface area contributed by atoms with Crippen LogP contribution in [0.1, 0.15) is 12.8 Å². The molecule has 0 aromatic rings. The molecule has 0 spiro atoms. The molecule has 0 amide bonds. The third-order valence-corrected chi connectivity index (χ3v) is 1.68. The average molecular weight is 147 g/mol. The predicted octanol–water partition coefficient (Wildman–Crippen LogP) is 0.0282. The summed E-state index contributed by atoms with van der Waals surface area (Å²) in [7, 11) is 1.68. The SMILES string of the molecule is COC1CCC(ON)OC1. The van der Waals surface area contributed by atoms with Gasteiger partial charge in [0.15, 0.2) is 6.29 Å². The van der Waals surface area contributed by atoms with E-state index >= 15 is 0 Å². The third-order valence-electron chi connectivity index (χ3n) is 1.68. The van der Waals surface area contributed by atoms with Crippen molar-refractivity contribution in [3.05, 3.63) is 0 Å². The van der Waals surface area contributed by atoms with E-state index in [1.165, 1.54) is 0 Å². The van der Waals surface area contributed by atoms with Crippen molar-refractivity contribution < 1.29 is 14.3 Å². The predicted molar refractivity (Wildman–Crippen MR) is 35.0 cm³/mol. The van der Waals surface area contributed by atoms with E-state index in [9.17, 15) is 0 Å². The Morgan fingerprint density at radius 3 is 2.70 bits per heavy atom. The van der Waals surface area contributed by atoms with Gasteiger partial charge in [0.1, 0.15) is 0 Å². The Morgan fingerprint density at radius 1 is 1.50 bits per heavy atom. The maximum Gasteiger partial charge on any atom is 0.177 e. The molecule has 2 unspecified atom stereocenters. The van der Waals surface area contributed by atoms with Crippen LogP contribution in [0.15, 0.2) is 0 Å². The molecule has 0 radical (unpaired) electrons. The Morgan fingerprint density at radius 2 is 2.30 bits per heavy atom. The largest absolute Gasteiger partial charge is 0.379 e. The van der Waals surface area contributed by atoms with Crippen LogP contribution in [0.2, 0.25) is 0 Å². The molecule has 4 heteroatoms. The van der Waals surface area contributed by atoms with E-state index in [1.54, 1.807) is 7.11 Å². The molecular formula is C6H13NO3. The first-order chi connectivity index (χ1) is 4.86. The van der Waals surface area contributed by atoms with E-state index in [4.69, 9.17) is 15.4 Å². The minimum Gasteiger partial charge on any atom is -0.379 e. The van der Waals surface area contributed by atoms with Crippen molar-refractivity contribution in [1.29, 1.82) is 0 Å². The average Bonchev–Trinajstić information content (AvgIpc) is 2.05. The standard InChI is InChI=1S/C6H13NO3/c1-8-5-2-3-6(10-7)9-4-5/h5-6H,2-4,7H2,1H3. The second kappa shape index (κ2) is 3.88. The van der Waals surface area contributed by atoms with Gasteiger partial charge in [-0.25, -0.2) is 5.90 Å². The van der Waals surface area contributed by atoms with Gasteiger partial charge in [0, 0.05) is 13.5 Å². The van der Waals surface area contributed by atoms with Gasteiger partial charge in [-0.1, -0.05) is 0 Å². The lowest BCUT2D eigenvalue weighted by Crippen LogP contribution is -2.33. The van der Waals surface area contributed by atoms with Gasteiger partial charge in [0.2, 0.25) is 0 Å². The molecule has 10 heavy (non-hydrogen) atoms. The highest BCUT2D eigenvalue weighted by atomic mass is 16.8. The van der Waals surface area contributed by atoms with Gasteiger partial charge in [-0.3, -0.25) is 4.84 Å². The van der Waals surface area contributed by atoms with Gasteiger partial charge in [0.05, 0.1) is 12.7 Å². The molecule has 0 aromatic heterocycles. The fourth-order valence-corrected chi connectivity index (χ4v) is 0.997. The monoisotopic (exact) mass is 147 g/mol. The summed E-state index contributed by atoms with van der Waals surface area (Å²) in [6.07, 6.45) is 1.76. The first-order valence-electron chi connectivity index (χ1n) is 3.36. The molecule has 4 nitrogen and oxygen atoms in total. The van der Waals surface area contributed by atoms with Crippen LogP contribution in [0.4, 0.5) is 0 Å². The molecule has 1 aliphatic rings. The van der Waals surface area contributed by atoms with Gasteiger partial charge in [-0.15, -0.1) is 0 Å². The molecule has 60 valence electrons. The van der Waals surface area contributed by atoms with E-state index in [0.717, 1.165) is 12.8 Å². The summed E-state index contributed by atoms with van der Waals surface area (Å²) in [6, 6.07) is 0. The molecule has 2 N–H and O–H groups in total. The Balaban J connectivity index is 2.17. The van der Waals surface area contributed by atoms with Crippen LogP contribution < -0.4 is 5.90 Å². The molecule has 1 heterocycles. The minimum atomic E-state index is -0.230. The number of nitrogens with two attached hydrogens (primary N) is 1. The molecule has 1 fully saturated rings. The Labute approximate surface area is 60.2 Å². The summed E-state index contributed by atoms with van der Waals surface area (Å²) in [5, 5.41) is 0. The van der Waals surface area contributed by atoms with Crippen LogP contribution >= 0.6 is 0 Å². The maximum atomic E-state index is 5.16. The molecule has 1 aliphatic heterocycles. The van der Waals surface area contributed by atoms with E-state index in [0.29, 0.717) is 6.61 Å². The van der Waals surface area contributed by atoms with Crippen molar-refractivity contribution in [2.24, 2.45) is 5.90 Å². The summed E-state index contributed by atoms with van der Waals surface area (Å²) < 4.78 is 10.2. The number of ether oxygens (including phenoxy) is 2. The van der Waals surface area contributed by atoms with Crippen molar-refractivity contribution >= 4 is 0 Å². The summed E-state index contributed by atoms with van der Waals surface area (Å²) in [4.78, 5) is 4.51. The fourth-order valence-electron chi connectivity index (χ4n) is 0.997. The maximum absolute atomic E-state index is 5.16. The van der Waals surface area contributed by atoms with Crippen molar-refractivity contribution in [3.8, 4) is 0 Å². The normalized spacial score (nSPS) is 34.2. The number of hydrogen-bond donors (Lipinski definition) is 1. The topological polar surface area (TPSA) is 53.7 Å². The summed E-state index contributed by atoms with van der Waals surface area (Å²) in [5.74, 6) is 4.92. The molecule has 0 saturated carbocycles. The first-order valence-corrected chi connectivity index (χ1v) is 3.36. The quantitative estimate of drug-likeness (QED) is 0.560. The van der Waals surface area contributed by atoms with Gasteiger partial charge in [0.25, 0.3) is 0 Å². The van der Waals surface area contributed by atoms with E-state index in [1.807, 2.05) is 0 Å². The smallest absolute Gasteiger partial charge is 0.177 e. The lowest BCUT2D eigenvalue weighted by atomic mass is 10.1. The first kappa shape index (κ1) is 7.94. The van der Waals surface area contributed by atoms with Crippen molar-refractivity contribution in [1.82, 2.24) is 0 Å². The summed E-state index contributed by atoms with van der Waals surface area (Å²) in [5.41, 5.74) is 0. The van der Waals surface area contributed by atoms with Crippen LogP contribution in [0.3, 0.4) is 0 Å². The molecule has 0 bridgehead atoms. The highest BCUT2D eigenvalue weighted by molar-refractivity contribution is 4.63. The Bertz CT molecular complexity index is 79.0. The van der Waals surface area contributed by atoms with Crippen molar-refractivity contribution in [2.75, 3.05) is 13.7 Å². The van der Waals surface area contributed by atoms with Gasteiger partial charge in [-0.2, -0.15) is 0 Å². The zero-order valence-electron chi connectivity index (χ0n) is 6.08. The van der Waals surface area contributed by atoms with Crippen LogP contribution in [0.5, 0.6) is 0 Å². The van der Waals surface area contributed by atoms with Gasteiger partial charge in [-0.05, 0) is 6.42 Å². The van der Waals surface area contributed by atoms with Gasteiger partial charge < -0.3 is 9.47 Å². The molecule has 1 saturated heterocycles. The van der Waals surface area contributed by atoms with Crippen LogP contribution in [-0.4, -0.2) is 26.1 Å². The van der Waals surface area contributed by atoms with Crippen molar-refractivity contribution in [3.63, 3.8) is 0 Å². The molecule has 0 aliphatic carbocycles. The molecule has 1 rings (SSSR count). The third kappa shape index (κ3) is 1.91. The second-order valence-corrected chi connectivity index (χ2v) is 2.33. The van der Waals surface area contributed by atoms with Crippen LogP contribution in [0, 0.1) is 0 Å². The van der Waals surface area contributed by atoms with E-state index < -0.39 is 0 Å². The second-order valence-electron chi connectivity index (χ2n) is 2.33. The zero-order valence-corrected chi connectivity index (χ0v) is 6.08. The highest BCUT2D eigenvalue weighted by Gasteiger charge is 2.20. The number of rotatable bonds is 2. The van der Waals surface area contributed by atoms with Gasteiger partial charge >= 0.3 is 0 Å². The summed E-state index contributed by atoms with van der Waals surface area (Å²) in [6.45, 7) is 0.582. The fraction of sp³-hybridized carbons (Fsp3) is 1.00. The molecule has 0 aromatic carbocycles. The van der Waals surface area contributed by atoms with Crippen molar-refractivity contribution in [2.45, 2.75) is 25.2 Å². The zero-order chi connectivity index (χ0) is 7.40. The Kier molecular flexibility index (Phi) is 3.08. The number of hydrogen-bond acceptors (Lipinski definition) is 4. The van der Waals surface area contributed by atoms with E-state index in [2.05, 4.69) is 4.84 Å². The molecular weight excluding hydrogens is 134 g/mol. The highest BCUT2D eigenvalue weighted by Crippen LogP contribution is 2.14. The lowest BCUT2D eigenvalue weighted by Gasteiger charge is -2.26. The Hall–Kier alpha value is -0.160. The van der Waals surface area contributed by atoms with Crippen LogP contribution in [-0.2, 0) is 14.3 Å².